The molecule has 0 atom stereocenters. The molecule has 5 heteroatoms. The molecule has 2 aromatic heterocycles. The molecule has 3 aromatic rings. The van der Waals surface area contributed by atoms with E-state index in [0.717, 1.165) is 46.5 Å². The number of anilines is 1. The number of aromatic nitrogens is 3. The number of benzene rings is 1. The first-order valence-corrected chi connectivity index (χ1v) is 7.82. The molecule has 0 aliphatic rings. The van der Waals surface area contributed by atoms with Gasteiger partial charge in [-0.3, -0.25) is 0 Å². The van der Waals surface area contributed by atoms with Crippen LogP contribution in [0.4, 0.5) is 5.82 Å². The lowest BCUT2D eigenvalue weighted by molar-refractivity contribution is 0.341. The number of hydrogen-bond donors (Lipinski definition) is 2. The van der Waals surface area contributed by atoms with Crippen LogP contribution in [0.25, 0.3) is 21.9 Å². The number of hydrogen-bond acceptors (Lipinski definition) is 4. The van der Waals surface area contributed by atoms with Gasteiger partial charge in [-0.15, -0.1) is 0 Å². The van der Waals surface area contributed by atoms with Crippen molar-refractivity contribution in [1.29, 1.82) is 0 Å². The lowest BCUT2D eigenvalue weighted by atomic mass is 10.1. The summed E-state index contributed by atoms with van der Waals surface area (Å²) in [5, 5.41) is 4.47. The minimum Gasteiger partial charge on any atom is -0.494 e. The highest BCUT2D eigenvalue weighted by Gasteiger charge is 2.11. The third-order valence-electron chi connectivity index (χ3n) is 3.68. The number of ether oxygens (including phenoxy) is 1. The quantitative estimate of drug-likeness (QED) is 0.723. The van der Waals surface area contributed by atoms with Crippen LogP contribution in [0.1, 0.15) is 27.2 Å². The van der Waals surface area contributed by atoms with Crippen molar-refractivity contribution in [2.24, 2.45) is 5.92 Å². The lowest BCUT2D eigenvalue weighted by Gasteiger charge is -2.07. The molecule has 0 unspecified atom stereocenters. The molecule has 0 saturated carbocycles. The van der Waals surface area contributed by atoms with Crippen molar-refractivity contribution >= 4 is 27.8 Å². The summed E-state index contributed by atoms with van der Waals surface area (Å²) in [5.41, 5.74) is 2.93. The van der Waals surface area contributed by atoms with Gasteiger partial charge in [0, 0.05) is 17.4 Å². The molecule has 2 N–H and O–H groups in total. The number of H-pyrrole nitrogens is 1. The Bertz CT molecular complexity index is 779. The number of nitrogens with one attached hydrogen (secondary N) is 2. The van der Waals surface area contributed by atoms with Crippen LogP contribution in [0, 0.1) is 5.92 Å². The second-order valence-corrected chi connectivity index (χ2v) is 5.82. The van der Waals surface area contributed by atoms with E-state index in [4.69, 9.17) is 4.74 Å². The number of rotatable bonds is 6. The Kier molecular flexibility index (Phi) is 4.13. The van der Waals surface area contributed by atoms with Gasteiger partial charge in [-0.25, -0.2) is 9.97 Å². The summed E-state index contributed by atoms with van der Waals surface area (Å²) in [5.74, 6) is 2.39. The fourth-order valence-corrected chi connectivity index (χ4v) is 2.54. The van der Waals surface area contributed by atoms with Crippen LogP contribution < -0.4 is 10.1 Å². The van der Waals surface area contributed by atoms with Gasteiger partial charge in [0.2, 0.25) is 0 Å². The van der Waals surface area contributed by atoms with Crippen LogP contribution in [0.2, 0.25) is 0 Å². The fraction of sp³-hybridized carbons (Fsp3) is 0.412. The number of aromatic amines is 1. The van der Waals surface area contributed by atoms with Crippen molar-refractivity contribution < 1.29 is 4.74 Å². The Labute approximate surface area is 130 Å². The molecule has 0 saturated heterocycles. The minimum atomic E-state index is 0.658. The first-order chi connectivity index (χ1) is 10.7. The first kappa shape index (κ1) is 14.6. The van der Waals surface area contributed by atoms with E-state index >= 15 is 0 Å². The van der Waals surface area contributed by atoms with Gasteiger partial charge in [0.05, 0.1) is 6.61 Å². The summed E-state index contributed by atoms with van der Waals surface area (Å²) < 4.78 is 5.58. The Balaban J connectivity index is 1.99. The normalized spacial score (nSPS) is 11.5. The van der Waals surface area contributed by atoms with Crippen molar-refractivity contribution in [3.63, 3.8) is 0 Å². The molecule has 3 rings (SSSR count). The van der Waals surface area contributed by atoms with Gasteiger partial charge < -0.3 is 15.0 Å². The van der Waals surface area contributed by atoms with E-state index in [2.05, 4.69) is 34.1 Å². The molecule has 0 radical (unpaired) electrons. The van der Waals surface area contributed by atoms with Crippen molar-refractivity contribution in [2.75, 3.05) is 18.5 Å². The summed E-state index contributed by atoms with van der Waals surface area (Å²) in [6.45, 7) is 7.98. The molecule has 1 aromatic carbocycles. The second-order valence-electron chi connectivity index (χ2n) is 5.82. The standard InChI is InChI=1S/C17H22N4O/c1-4-22-12-5-6-14-13(9-12)15-16(21-14)17(20-10-19-15)18-8-7-11(2)3/h5-6,9-11,21H,4,7-8H2,1-3H3,(H,18,19,20). The molecule has 0 aliphatic heterocycles. The van der Waals surface area contributed by atoms with Crippen LogP contribution >= 0.6 is 0 Å². The SMILES string of the molecule is CCOc1ccc2[nH]c3c(NCCC(C)C)ncnc3c2c1. The fourth-order valence-electron chi connectivity index (χ4n) is 2.54. The zero-order valence-electron chi connectivity index (χ0n) is 13.3. The summed E-state index contributed by atoms with van der Waals surface area (Å²) in [7, 11) is 0. The minimum absolute atomic E-state index is 0.658. The largest absolute Gasteiger partial charge is 0.494 e. The van der Waals surface area contributed by atoms with Crippen LogP contribution in [0.5, 0.6) is 5.75 Å². The van der Waals surface area contributed by atoms with Gasteiger partial charge in [0.15, 0.2) is 5.82 Å². The third-order valence-corrected chi connectivity index (χ3v) is 3.68. The molecule has 2 heterocycles. The van der Waals surface area contributed by atoms with E-state index in [0.29, 0.717) is 12.5 Å². The van der Waals surface area contributed by atoms with Crippen LogP contribution in [-0.4, -0.2) is 28.1 Å². The molecule has 5 nitrogen and oxygen atoms in total. The van der Waals surface area contributed by atoms with Crippen LogP contribution in [0.3, 0.4) is 0 Å². The highest BCUT2D eigenvalue weighted by atomic mass is 16.5. The molecule has 0 spiro atoms. The van der Waals surface area contributed by atoms with Crippen LogP contribution in [-0.2, 0) is 0 Å². The number of fused-ring (bicyclic) bond motifs is 3. The van der Waals surface area contributed by atoms with Gasteiger partial charge in [-0.1, -0.05) is 13.8 Å². The van der Waals surface area contributed by atoms with Gasteiger partial charge in [-0.05, 0) is 37.5 Å². The molecular formula is C17H22N4O. The van der Waals surface area contributed by atoms with Crippen molar-refractivity contribution in [3.8, 4) is 5.75 Å². The Morgan fingerprint density at radius 1 is 1.27 bits per heavy atom. The zero-order valence-corrected chi connectivity index (χ0v) is 13.3. The van der Waals surface area contributed by atoms with Gasteiger partial charge in [0.25, 0.3) is 0 Å². The molecular weight excluding hydrogens is 276 g/mol. The van der Waals surface area contributed by atoms with E-state index in [1.54, 1.807) is 6.33 Å². The second kappa shape index (κ2) is 6.22. The third kappa shape index (κ3) is 2.84. The molecule has 0 amide bonds. The number of nitrogens with zero attached hydrogens (tertiary/aromatic N) is 2. The smallest absolute Gasteiger partial charge is 0.153 e. The zero-order chi connectivity index (χ0) is 15.5. The highest BCUT2D eigenvalue weighted by molar-refractivity contribution is 6.08. The van der Waals surface area contributed by atoms with Gasteiger partial charge in [0.1, 0.15) is 23.1 Å². The Hall–Kier alpha value is -2.30. The van der Waals surface area contributed by atoms with Crippen molar-refractivity contribution in [1.82, 2.24) is 15.0 Å². The Morgan fingerprint density at radius 2 is 2.14 bits per heavy atom. The molecule has 0 aliphatic carbocycles. The van der Waals surface area contributed by atoms with Crippen molar-refractivity contribution in [3.05, 3.63) is 24.5 Å². The van der Waals surface area contributed by atoms with Gasteiger partial charge >= 0.3 is 0 Å². The topological polar surface area (TPSA) is 62.8 Å². The summed E-state index contributed by atoms with van der Waals surface area (Å²) >= 11 is 0. The van der Waals surface area contributed by atoms with E-state index in [9.17, 15) is 0 Å². The first-order valence-electron chi connectivity index (χ1n) is 7.82. The predicted octanol–water partition coefficient (Wildman–Crippen LogP) is 3.97. The van der Waals surface area contributed by atoms with E-state index < -0.39 is 0 Å². The van der Waals surface area contributed by atoms with Crippen molar-refractivity contribution in [2.45, 2.75) is 27.2 Å². The maximum Gasteiger partial charge on any atom is 0.153 e. The average Bonchev–Trinajstić information content (AvgIpc) is 2.86. The van der Waals surface area contributed by atoms with Gasteiger partial charge in [-0.2, -0.15) is 0 Å². The summed E-state index contributed by atoms with van der Waals surface area (Å²) in [6, 6.07) is 6.03. The molecule has 116 valence electrons. The summed E-state index contributed by atoms with van der Waals surface area (Å²) in [6.07, 6.45) is 2.72. The summed E-state index contributed by atoms with van der Waals surface area (Å²) in [4.78, 5) is 12.2. The van der Waals surface area contributed by atoms with E-state index in [1.165, 1.54) is 0 Å². The molecule has 22 heavy (non-hydrogen) atoms. The average molecular weight is 298 g/mol. The monoisotopic (exact) mass is 298 g/mol. The molecule has 0 fully saturated rings. The molecule has 0 bridgehead atoms. The predicted molar refractivity (Wildman–Crippen MR) is 90.5 cm³/mol. The van der Waals surface area contributed by atoms with Crippen LogP contribution in [0.15, 0.2) is 24.5 Å². The maximum atomic E-state index is 5.58. The van der Waals surface area contributed by atoms with E-state index in [1.807, 2.05) is 25.1 Å². The van der Waals surface area contributed by atoms with E-state index in [-0.39, 0.29) is 0 Å². The maximum absolute atomic E-state index is 5.58. The highest BCUT2D eigenvalue weighted by Crippen LogP contribution is 2.30. The lowest BCUT2D eigenvalue weighted by Crippen LogP contribution is -2.06. The Morgan fingerprint density at radius 3 is 2.91 bits per heavy atom.